The van der Waals surface area contributed by atoms with E-state index >= 15 is 0 Å². The number of benzene rings is 1. The van der Waals surface area contributed by atoms with Crippen molar-refractivity contribution in [2.75, 3.05) is 27.2 Å². The third-order valence-electron chi connectivity index (χ3n) is 4.10. The molecule has 0 amide bonds. The van der Waals surface area contributed by atoms with Gasteiger partial charge in [-0.1, -0.05) is 31.4 Å². The number of ether oxygens (including phenoxy) is 1. The molecular weight excluding hydrogens is 274 g/mol. The summed E-state index contributed by atoms with van der Waals surface area (Å²) in [5, 5.41) is 0. The third kappa shape index (κ3) is 5.30. The monoisotopic (exact) mass is 301 g/mol. The first-order valence-electron chi connectivity index (χ1n) is 8.23. The third-order valence-corrected chi connectivity index (χ3v) is 4.10. The van der Waals surface area contributed by atoms with Crippen LogP contribution in [0.5, 0.6) is 5.75 Å². The van der Waals surface area contributed by atoms with Gasteiger partial charge in [0.15, 0.2) is 5.78 Å². The van der Waals surface area contributed by atoms with E-state index in [-0.39, 0.29) is 5.92 Å². The molecule has 0 heterocycles. The van der Waals surface area contributed by atoms with Crippen LogP contribution in [0.25, 0.3) is 0 Å². The molecule has 0 atom stereocenters. The number of ketones is 1. The number of hydrogen-bond donors (Lipinski definition) is 0. The van der Waals surface area contributed by atoms with E-state index in [1.54, 1.807) is 0 Å². The topological polar surface area (TPSA) is 29.5 Å². The van der Waals surface area contributed by atoms with Gasteiger partial charge in [-0.25, -0.2) is 0 Å². The predicted molar refractivity (Wildman–Crippen MR) is 90.5 cm³/mol. The zero-order chi connectivity index (χ0) is 15.8. The Kier molecular flexibility index (Phi) is 6.66. The lowest BCUT2D eigenvalue weighted by Crippen LogP contribution is -2.17. The van der Waals surface area contributed by atoms with E-state index in [9.17, 15) is 4.79 Å². The first-order valence-corrected chi connectivity index (χ1v) is 8.23. The molecule has 0 radical (unpaired) electrons. The van der Waals surface area contributed by atoms with Gasteiger partial charge in [-0.3, -0.25) is 4.79 Å². The van der Waals surface area contributed by atoms with Gasteiger partial charge in [0.25, 0.3) is 0 Å². The summed E-state index contributed by atoms with van der Waals surface area (Å²) < 4.78 is 5.65. The molecule has 22 heavy (non-hydrogen) atoms. The zero-order valence-electron chi connectivity index (χ0n) is 13.8. The Bertz CT molecular complexity index is 485. The molecule has 0 aliphatic heterocycles. The maximum Gasteiger partial charge on any atom is 0.165 e. The second-order valence-electron chi connectivity index (χ2n) is 6.27. The van der Waals surface area contributed by atoms with Crippen molar-refractivity contribution in [2.24, 2.45) is 5.92 Å². The van der Waals surface area contributed by atoms with Gasteiger partial charge in [-0.05, 0) is 51.2 Å². The molecule has 1 aromatic carbocycles. The van der Waals surface area contributed by atoms with Crippen LogP contribution in [-0.4, -0.2) is 37.9 Å². The van der Waals surface area contributed by atoms with Crippen molar-refractivity contribution in [3.63, 3.8) is 0 Å². The molecule has 0 N–H and O–H groups in total. The number of rotatable bonds is 7. The summed E-state index contributed by atoms with van der Waals surface area (Å²) in [7, 11) is 4.07. The fourth-order valence-corrected chi connectivity index (χ4v) is 2.81. The summed E-state index contributed by atoms with van der Waals surface area (Å²) in [4.78, 5) is 14.5. The summed E-state index contributed by atoms with van der Waals surface area (Å²) >= 11 is 0. The highest BCUT2D eigenvalue weighted by Crippen LogP contribution is 2.27. The molecule has 3 nitrogen and oxygen atoms in total. The lowest BCUT2D eigenvalue weighted by Gasteiger charge is -2.20. The molecule has 120 valence electrons. The van der Waals surface area contributed by atoms with Gasteiger partial charge in [0, 0.05) is 18.0 Å². The number of Topliss-reactive ketones (excluding diaryl/α,β-unsaturated/α-hetero) is 1. The van der Waals surface area contributed by atoms with E-state index in [0.29, 0.717) is 12.4 Å². The van der Waals surface area contributed by atoms with Crippen molar-refractivity contribution in [1.29, 1.82) is 0 Å². The second kappa shape index (κ2) is 8.74. The largest absolute Gasteiger partial charge is 0.490 e. The number of carbonyl (C=O) groups excluding carboxylic acids is 1. The Labute approximate surface area is 134 Å². The Morgan fingerprint density at radius 3 is 2.45 bits per heavy atom. The van der Waals surface area contributed by atoms with Crippen LogP contribution in [0.1, 0.15) is 42.5 Å². The average molecular weight is 301 g/mol. The Balaban J connectivity index is 1.82. The Hall–Kier alpha value is -1.61. The fraction of sp³-hybridized carbons (Fsp3) is 0.526. The van der Waals surface area contributed by atoms with E-state index in [1.165, 1.54) is 19.3 Å². The highest BCUT2D eigenvalue weighted by atomic mass is 16.5. The Morgan fingerprint density at radius 1 is 1.14 bits per heavy atom. The molecule has 0 saturated heterocycles. The van der Waals surface area contributed by atoms with Crippen LogP contribution < -0.4 is 4.74 Å². The van der Waals surface area contributed by atoms with Crippen LogP contribution in [-0.2, 0) is 0 Å². The zero-order valence-corrected chi connectivity index (χ0v) is 13.8. The molecule has 3 heteroatoms. The van der Waals surface area contributed by atoms with Gasteiger partial charge in [0.1, 0.15) is 12.4 Å². The van der Waals surface area contributed by atoms with E-state index in [1.807, 2.05) is 44.4 Å². The lowest BCUT2D eigenvalue weighted by molar-refractivity contribution is 0.0889. The fourth-order valence-electron chi connectivity index (χ4n) is 2.81. The quantitative estimate of drug-likeness (QED) is 0.564. The first kappa shape index (κ1) is 16.8. The second-order valence-corrected chi connectivity index (χ2v) is 6.27. The van der Waals surface area contributed by atoms with Crippen LogP contribution >= 0.6 is 0 Å². The van der Waals surface area contributed by atoms with Crippen LogP contribution in [0, 0.1) is 5.92 Å². The minimum absolute atomic E-state index is 0.231. The SMILES string of the molecule is CN(C)CC=CCOc1ccc(C(=O)C2CCCCC2)cc1. The van der Waals surface area contributed by atoms with E-state index in [0.717, 1.165) is 30.7 Å². The van der Waals surface area contributed by atoms with Gasteiger partial charge >= 0.3 is 0 Å². The number of likely N-dealkylation sites (N-methyl/N-ethyl adjacent to an activating group) is 1. The van der Waals surface area contributed by atoms with Crippen LogP contribution in [0.15, 0.2) is 36.4 Å². The summed E-state index contributed by atoms with van der Waals surface area (Å²) in [5.41, 5.74) is 0.822. The molecule has 1 fully saturated rings. The van der Waals surface area contributed by atoms with Crippen LogP contribution in [0.4, 0.5) is 0 Å². The van der Waals surface area contributed by atoms with Gasteiger partial charge in [0.05, 0.1) is 0 Å². The van der Waals surface area contributed by atoms with Crippen molar-refractivity contribution < 1.29 is 9.53 Å². The van der Waals surface area contributed by atoms with Crippen LogP contribution in [0.2, 0.25) is 0 Å². The van der Waals surface area contributed by atoms with E-state index < -0.39 is 0 Å². The maximum absolute atomic E-state index is 12.4. The van der Waals surface area contributed by atoms with Crippen molar-refractivity contribution in [3.05, 3.63) is 42.0 Å². The molecule has 1 aromatic rings. The van der Waals surface area contributed by atoms with Crippen molar-refractivity contribution >= 4 is 5.78 Å². The van der Waals surface area contributed by atoms with Crippen LogP contribution in [0.3, 0.4) is 0 Å². The summed E-state index contributed by atoms with van der Waals surface area (Å²) in [6.07, 6.45) is 9.86. The summed E-state index contributed by atoms with van der Waals surface area (Å²) in [5.74, 6) is 1.35. The molecule has 1 aliphatic carbocycles. The first-order chi connectivity index (χ1) is 10.7. The van der Waals surface area contributed by atoms with E-state index in [2.05, 4.69) is 11.0 Å². The maximum atomic E-state index is 12.4. The molecule has 0 unspecified atom stereocenters. The standard InChI is InChI=1S/C19H27NO2/c1-20(2)14-6-7-15-22-18-12-10-17(11-13-18)19(21)16-8-4-3-5-9-16/h6-7,10-13,16H,3-5,8-9,14-15H2,1-2H3. The van der Waals surface area contributed by atoms with Crippen molar-refractivity contribution in [2.45, 2.75) is 32.1 Å². The molecule has 2 rings (SSSR count). The Morgan fingerprint density at radius 2 is 1.82 bits per heavy atom. The molecule has 0 spiro atoms. The predicted octanol–water partition coefficient (Wildman–Crippen LogP) is 3.95. The number of carbonyl (C=O) groups is 1. The average Bonchev–Trinajstić information content (AvgIpc) is 2.55. The number of nitrogens with zero attached hydrogens (tertiary/aromatic N) is 1. The van der Waals surface area contributed by atoms with Crippen molar-refractivity contribution in [1.82, 2.24) is 4.90 Å². The summed E-state index contributed by atoms with van der Waals surface area (Å²) in [6, 6.07) is 7.59. The van der Waals surface area contributed by atoms with Gasteiger partial charge in [-0.15, -0.1) is 0 Å². The molecule has 0 aromatic heterocycles. The molecule has 1 saturated carbocycles. The smallest absolute Gasteiger partial charge is 0.165 e. The molecule has 0 bridgehead atoms. The normalized spacial score (nSPS) is 16.3. The lowest BCUT2D eigenvalue weighted by atomic mass is 9.84. The minimum Gasteiger partial charge on any atom is -0.490 e. The van der Waals surface area contributed by atoms with Gasteiger partial charge in [0.2, 0.25) is 0 Å². The highest BCUT2D eigenvalue weighted by molar-refractivity contribution is 5.97. The van der Waals surface area contributed by atoms with Gasteiger partial charge < -0.3 is 9.64 Å². The number of hydrogen-bond acceptors (Lipinski definition) is 3. The molecule has 1 aliphatic rings. The highest BCUT2D eigenvalue weighted by Gasteiger charge is 2.22. The van der Waals surface area contributed by atoms with E-state index in [4.69, 9.17) is 4.74 Å². The molecular formula is C19H27NO2. The minimum atomic E-state index is 0.231. The summed E-state index contributed by atoms with van der Waals surface area (Å²) in [6.45, 7) is 1.47. The van der Waals surface area contributed by atoms with Crippen molar-refractivity contribution in [3.8, 4) is 5.75 Å². The van der Waals surface area contributed by atoms with Gasteiger partial charge in [-0.2, -0.15) is 0 Å².